The van der Waals surface area contributed by atoms with E-state index in [2.05, 4.69) is 9.97 Å². The molecule has 1 heterocycles. The molecule has 3 N–H and O–H groups in total. The Morgan fingerprint density at radius 2 is 2.22 bits per heavy atom. The second kappa shape index (κ2) is 5.42. The molecule has 0 bridgehead atoms. The van der Waals surface area contributed by atoms with Crippen molar-refractivity contribution in [2.75, 3.05) is 13.7 Å². The molecule has 0 atom stereocenters. The van der Waals surface area contributed by atoms with Crippen LogP contribution in [0.2, 0.25) is 5.02 Å². The fourth-order valence-corrected chi connectivity index (χ4v) is 1.96. The van der Waals surface area contributed by atoms with Gasteiger partial charge in [-0.2, -0.15) is 0 Å². The summed E-state index contributed by atoms with van der Waals surface area (Å²) in [6, 6.07) is 3.80. The summed E-state index contributed by atoms with van der Waals surface area (Å²) < 4.78 is 5.37. The van der Waals surface area contributed by atoms with E-state index in [0.717, 1.165) is 34.8 Å². The number of H-pyrrole nitrogens is 1. The number of methoxy groups -OCH3 is 1. The summed E-state index contributed by atoms with van der Waals surface area (Å²) in [6.07, 6.45) is 2.50. The fourth-order valence-electron chi connectivity index (χ4n) is 1.80. The molecular weight excluding hydrogens is 250 g/mol. The molecular formula is C13H16ClN3O. The standard InChI is InChI=1S/C13H16ClN3O/c1-8-5-12(18-2)9(6-10(8)14)11-7-16-13(17-11)3-4-15/h5-7H,3-4,15H2,1-2H3,(H,16,17). The molecule has 0 aliphatic heterocycles. The van der Waals surface area contributed by atoms with Crippen LogP contribution in [0.15, 0.2) is 18.3 Å². The monoisotopic (exact) mass is 265 g/mol. The van der Waals surface area contributed by atoms with Gasteiger partial charge in [-0.15, -0.1) is 0 Å². The summed E-state index contributed by atoms with van der Waals surface area (Å²) >= 11 is 6.15. The van der Waals surface area contributed by atoms with E-state index in [4.69, 9.17) is 22.1 Å². The van der Waals surface area contributed by atoms with Gasteiger partial charge in [0.2, 0.25) is 0 Å². The summed E-state index contributed by atoms with van der Waals surface area (Å²) in [5, 5.41) is 0.709. The van der Waals surface area contributed by atoms with Gasteiger partial charge in [-0.25, -0.2) is 4.98 Å². The first-order chi connectivity index (χ1) is 8.65. The first-order valence-electron chi connectivity index (χ1n) is 5.74. The van der Waals surface area contributed by atoms with Crippen molar-refractivity contribution in [3.8, 4) is 17.0 Å². The number of hydrogen-bond acceptors (Lipinski definition) is 3. The number of aryl methyl sites for hydroxylation is 1. The first-order valence-corrected chi connectivity index (χ1v) is 6.12. The van der Waals surface area contributed by atoms with Gasteiger partial charge in [-0.3, -0.25) is 0 Å². The molecule has 0 spiro atoms. The SMILES string of the molecule is COc1cc(C)c(Cl)cc1-c1cnc(CCN)[nH]1. The Kier molecular flexibility index (Phi) is 3.89. The number of benzene rings is 1. The zero-order valence-corrected chi connectivity index (χ0v) is 11.2. The second-order valence-corrected chi connectivity index (χ2v) is 4.49. The Labute approximate surface area is 111 Å². The van der Waals surface area contributed by atoms with Crippen LogP contribution < -0.4 is 10.5 Å². The van der Waals surface area contributed by atoms with E-state index in [1.54, 1.807) is 13.3 Å². The molecule has 5 heteroatoms. The molecule has 0 unspecified atom stereocenters. The Morgan fingerprint density at radius 3 is 2.89 bits per heavy atom. The summed E-state index contributed by atoms with van der Waals surface area (Å²) in [4.78, 5) is 7.50. The van der Waals surface area contributed by atoms with Crippen LogP contribution in [-0.2, 0) is 6.42 Å². The van der Waals surface area contributed by atoms with Crippen molar-refractivity contribution < 1.29 is 4.74 Å². The Morgan fingerprint density at radius 1 is 1.44 bits per heavy atom. The number of nitrogens with one attached hydrogen (secondary N) is 1. The van der Waals surface area contributed by atoms with Crippen molar-refractivity contribution in [1.82, 2.24) is 9.97 Å². The number of rotatable bonds is 4. The Bertz CT molecular complexity index is 551. The highest BCUT2D eigenvalue weighted by Crippen LogP contribution is 2.33. The average molecular weight is 266 g/mol. The van der Waals surface area contributed by atoms with Crippen LogP contribution in [0.1, 0.15) is 11.4 Å². The molecule has 18 heavy (non-hydrogen) atoms. The first kappa shape index (κ1) is 12.9. The van der Waals surface area contributed by atoms with Crippen LogP contribution in [0, 0.1) is 6.92 Å². The van der Waals surface area contributed by atoms with Gasteiger partial charge in [0.15, 0.2) is 0 Å². The number of aromatic nitrogens is 2. The summed E-state index contributed by atoms with van der Waals surface area (Å²) in [6.45, 7) is 2.51. The van der Waals surface area contributed by atoms with E-state index >= 15 is 0 Å². The van der Waals surface area contributed by atoms with Crippen LogP contribution in [0.3, 0.4) is 0 Å². The number of aromatic amines is 1. The summed E-state index contributed by atoms with van der Waals surface area (Å²) in [5.74, 6) is 1.64. The van der Waals surface area contributed by atoms with Crippen molar-refractivity contribution >= 4 is 11.6 Å². The number of ether oxygens (including phenoxy) is 1. The predicted molar refractivity (Wildman–Crippen MR) is 73.1 cm³/mol. The van der Waals surface area contributed by atoms with Gasteiger partial charge in [0.1, 0.15) is 11.6 Å². The minimum absolute atomic E-state index is 0.568. The summed E-state index contributed by atoms with van der Waals surface area (Å²) in [7, 11) is 1.64. The van der Waals surface area contributed by atoms with Crippen LogP contribution in [0.25, 0.3) is 11.3 Å². The molecule has 1 aromatic heterocycles. The number of halogens is 1. The van der Waals surface area contributed by atoms with Gasteiger partial charge in [-0.05, 0) is 31.2 Å². The predicted octanol–water partition coefficient (Wildman–Crippen LogP) is 2.55. The van der Waals surface area contributed by atoms with Gasteiger partial charge in [0.05, 0.1) is 19.0 Å². The molecule has 1 aromatic carbocycles. The maximum atomic E-state index is 6.15. The quantitative estimate of drug-likeness (QED) is 0.893. The number of nitrogens with two attached hydrogens (primary N) is 1. The van der Waals surface area contributed by atoms with Gasteiger partial charge in [-0.1, -0.05) is 11.6 Å². The van der Waals surface area contributed by atoms with E-state index in [1.165, 1.54) is 0 Å². The third-order valence-electron chi connectivity index (χ3n) is 2.78. The number of nitrogens with zero attached hydrogens (tertiary/aromatic N) is 1. The van der Waals surface area contributed by atoms with Gasteiger partial charge in [0.25, 0.3) is 0 Å². The van der Waals surface area contributed by atoms with Gasteiger partial charge >= 0.3 is 0 Å². The average Bonchev–Trinajstić information content (AvgIpc) is 2.81. The number of imidazole rings is 1. The lowest BCUT2D eigenvalue weighted by molar-refractivity contribution is 0.416. The van der Waals surface area contributed by atoms with Crippen molar-refractivity contribution in [3.63, 3.8) is 0 Å². The Hall–Kier alpha value is -1.52. The van der Waals surface area contributed by atoms with E-state index in [1.807, 2.05) is 19.1 Å². The maximum Gasteiger partial charge on any atom is 0.128 e. The molecule has 2 rings (SSSR count). The smallest absolute Gasteiger partial charge is 0.128 e. The maximum absolute atomic E-state index is 6.15. The molecule has 0 amide bonds. The van der Waals surface area contributed by atoms with Gasteiger partial charge < -0.3 is 15.5 Å². The third kappa shape index (κ3) is 2.49. The number of hydrogen-bond donors (Lipinski definition) is 2. The lowest BCUT2D eigenvalue weighted by Gasteiger charge is -2.09. The lowest BCUT2D eigenvalue weighted by Crippen LogP contribution is -2.03. The van der Waals surface area contributed by atoms with Gasteiger partial charge in [0, 0.05) is 17.0 Å². The highest BCUT2D eigenvalue weighted by molar-refractivity contribution is 6.31. The van der Waals surface area contributed by atoms with Crippen molar-refractivity contribution in [2.24, 2.45) is 5.73 Å². The van der Waals surface area contributed by atoms with E-state index in [0.29, 0.717) is 11.6 Å². The van der Waals surface area contributed by atoms with Crippen molar-refractivity contribution in [3.05, 3.63) is 34.7 Å². The van der Waals surface area contributed by atoms with E-state index in [9.17, 15) is 0 Å². The van der Waals surface area contributed by atoms with Crippen LogP contribution >= 0.6 is 11.6 Å². The molecule has 96 valence electrons. The molecule has 2 aromatic rings. The molecule has 0 saturated heterocycles. The zero-order chi connectivity index (χ0) is 13.1. The summed E-state index contributed by atoms with van der Waals surface area (Å²) in [5.41, 5.74) is 8.28. The molecule has 0 saturated carbocycles. The topological polar surface area (TPSA) is 63.9 Å². The molecule has 0 aliphatic carbocycles. The van der Waals surface area contributed by atoms with Crippen molar-refractivity contribution in [2.45, 2.75) is 13.3 Å². The molecule has 0 aliphatic rings. The normalized spacial score (nSPS) is 10.7. The van der Waals surface area contributed by atoms with Crippen LogP contribution in [0.4, 0.5) is 0 Å². The third-order valence-corrected chi connectivity index (χ3v) is 3.19. The zero-order valence-electron chi connectivity index (χ0n) is 10.5. The lowest BCUT2D eigenvalue weighted by atomic mass is 10.1. The molecule has 0 fully saturated rings. The second-order valence-electron chi connectivity index (χ2n) is 4.08. The Balaban J connectivity index is 2.45. The molecule has 0 radical (unpaired) electrons. The van der Waals surface area contributed by atoms with Crippen LogP contribution in [0.5, 0.6) is 5.75 Å². The molecule has 4 nitrogen and oxygen atoms in total. The van der Waals surface area contributed by atoms with Crippen LogP contribution in [-0.4, -0.2) is 23.6 Å². The van der Waals surface area contributed by atoms with E-state index < -0.39 is 0 Å². The highest BCUT2D eigenvalue weighted by Gasteiger charge is 2.11. The van der Waals surface area contributed by atoms with Crippen molar-refractivity contribution in [1.29, 1.82) is 0 Å². The highest BCUT2D eigenvalue weighted by atomic mass is 35.5. The largest absolute Gasteiger partial charge is 0.496 e. The fraction of sp³-hybridized carbons (Fsp3) is 0.308. The van der Waals surface area contributed by atoms with E-state index in [-0.39, 0.29) is 0 Å². The minimum atomic E-state index is 0.568. The minimum Gasteiger partial charge on any atom is -0.496 e.